The van der Waals surface area contributed by atoms with Gasteiger partial charge in [0.2, 0.25) is 5.13 Å². The van der Waals surface area contributed by atoms with Crippen LogP contribution in [0, 0.1) is 10.1 Å². The van der Waals surface area contributed by atoms with E-state index in [0.717, 1.165) is 22.7 Å². The van der Waals surface area contributed by atoms with Crippen LogP contribution < -0.4 is 4.90 Å². The van der Waals surface area contributed by atoms with Crippen LogP contribution in [0.5, 0.6) is 0 Å². The van der Waals surface area contributed by atoms with Crippen LogP contribution in [-0.4, -0.2) is 34.3 Å². The Balaban J connectivity index is 2.33. The highest BCUT2D eigenvalue weighted by Gasteiger charge is 2.32. The molecule has 0 radical (unpaired) electrons. The highest BCUT2D eigenvalue weighted by atomic mass is 32.1. The van der Waals surface area contributed by atoms with Crippen molar-refractivity contribution in [2.45, 2.75) is 46.1 Å². The number of carbonyl (C=O) groups is 2. The maximum atomic E-state index is 12.6. The molecular weight excluding hydrogens is 398 g/mol. The lowest BCUT2D eigenvalue weighted by atomic mass is 10.2. The normalized spacial score (nSPS) is 11.0. The second-order valence-electron chi connectivity index (χ2n) is 7.10. The van der Waals surface area contributed by atoms with Crippen molar-refractivity contribution < 1.29 is 24.0 Å². The van der Waals surface area contributed by atoms with Crippen molar-refractivity contribution in [3.05, 3.63) is 40.6 Å². The van der Waals surface area contributed by atoms with Gasteiger partial charge in [-0.05, 0) is 27.2 Å². The zero-order valence-electron chi connectivity index (χ0n) is 16.7. The molecule has 0 aliphatic carbocycles. The van der Waals surface area contributed by atoms with Gasteiger partial charge in [-0.1, -0.05) is 36.8 Å². The predicted octanol–water partition coefficient (Wildman–Crippen LogP) is 5.40. The van der Waals surface area contributed by atoms with Crippen molar-refractivity contribution in [3.8, 4) is 10.4 Å². The van der Waals surface area contributed by atoms with E-state index >= 15 is 0 Å². The predicted molar refractivity (Wildman–Crippen MR) is 109 cm³/mol. The standard InChI is InChI=1S/C19H23N3O6S/c1-5-6-10-27-17(23)21(18(24)28-19(2,3)4)16-20-12-15(29-16)13-8-7-9-14(11-13)22(25)26/h7-9,11-12H,5-6,10H2,1-4H3. The van der Waals surface area contributed by atoms with Crippen molar-refractivity contribution in [2.75, 3.05) is 11.5 Å². The average Bonchev–Trinajstić information content (AvgIpc) is 3.10. The van der Waals surface area contributed by atoms with E-state index in [1.54, 1.807) is 32.9 Å². The first-order valence-corrected chi connectivity index (χ1v) is 9.84. The summed E-state index contributed by atoms with van der Waals surface area (Å²) in [7, 11) is 0. The molecule has 0 unspecified atom stereocenters. The number of anilines is 1. The number of ether oxygens (including phenoxy) is 2. The first-order valence-electron chi connectivity index (χ1n) is 9.03. The molecule has 156 valence electrons. The first kappa shape index (κ1) is 22.3. The Bertz CT molecular complexity index is 890. The number of benzene rings is 1. The number of unbranched alkanes of at least 4 members (excludes halogenated alkanes) is 1. The van der Waals surface area contributed by atoms with Gasteiger partial charge >= 0.3 is 12.2 Å². The fourth-order valence-electron chi connectivity index (χ4n) is 2.18. The van der Waals surface area contributed by atoms with Gasteiger partial charge in [-0.2, -0.15) is 4.90 Å². The van der Waals surface area contributed by atoms with Gasteiger partial charge in [0.1, 0.15) is 5.60 Å². The summed E-state index contributed by atoms with van der Waals surface area (Å²) in [6.45, 7) is 7.16. The highest BCUT2D eigenvalue weighted by Crippen LogP contribution is 2.33. The summed E-state index contributed by atoms with van der Waals surface area (Å²) in [5.74, 6) is 0. The van der Waals surface area contributed by atoms with Gasteiger partial charge in [-0.3, -0.25) is 10.1 Å². The number of imide groups is 1. The third kappa shape index (κ3) is 6.24. The van der Waals surface area contributed by atoms with Crippen LogP contribution in [0.2, 0.25) is 0 Å². The van der Waals surface area contributed by atoms with Gasteiger partial charge in [0.15, 0.2) is 0 Å². The SMILES string of the molecule is CCCCOC(=O)N(C(=O)OC(C)(C)C)c1ncc(-c2cccc([N+](=O)[O-])c2)s1. The second kappa shape index (κ2) is 9.46. The van der Waals surface area contributed by atoms with E-state index in [1.807, 2.05) is 6.92 Å². The Morgan fingerprint density at radius 1 is 1.28 bits per heavy atom. The Morgan fingerprint density at radius 2 is 2.00 bits per heavy atom. The molecule has 0 spiro atoms. The minimum Gasteiger partial charge on any atom is -0.449 e. The number of rotatable bonds is 6. The van der Waals surface area contributed by atoms with E-state index in [4.69, 9.17) is 9.47 Å². The number of aromatic nitrogens is 1. The van der Waals surface area contributed by atoms with Crippen LogP contribution in [0.15, 0.2) is 30.5 Å². The molecule has 0 saturated carbocycles. The summed E-state index contributed by atoms with van der Waals surface area (Å²) < 4.78 is 10.5. The topological polar surface area (TPSA) is 112 Å². The fourth-order valence-corrected chi connectivity index (χ4v) is 3.07. The zero-order valence-corrected chi connectivity index (χ0v) is 17.5. The van der Waals surface area contributed by atoms with Crippen molar-refractivity contribution in [1.82, 2.24) is 4.98 Å². The number of thiazole rings is 1. The smallest absolute Gasteiger partial charge is 0.426 e. The summed E-state index contributed by atoms with van der Waals surface area (Å²) >= 11 is 1.03. The van der Waals surface area contributed by atoms with Crippen LogP contribution in [0.3, 0.4) is 0 Å². The third-order valence-electron chi connectivity index (χ3n) is 3.51. The number of amides is 2. The maximum absolute atomic E-state index is 12.6. The van der Waals surface area contributed by atoms with Gasteiger partial charge in [-0.25, -0.2) is 14.6 Å². The number of nitrogens with zero attached hydrogens (tertiary/aromatic N) is 3. The van der Waals surface area contributed by atoms with E-state index < -0.39 is 22.7 Å². The quantitative estimate of drug-likeness (QED) is 0.349. The highest BCUT2D eigenvalue weighted by molar-refractivity contribution is 7.19. The largest absolute Gasteiger partial charge is 0.449 e. The van der Waals surface area contributed by atoms with Crippen LogP contribution in [0.25, 0.3) is 10.4 Å². The van der Waals surface area contributed by atoms with Gasteiger partial charge in [0.25, 0.3) is 5.69 Å². The summed E-state index contributed by atoms with van der Waals surface area (Å²) in [4.78, 5) is 41.1. The molecule has 2 amide bonds. The molecule has 0 fully saturated rings. The number of hydrogen-bond donors (Lipinski definition) is 0. The first-order chi connectivity index (χ1) is 13.6. The Hall–Kier alpha value is -3.01. The lowest BCUT2D eigenvalue weighted by Crippen LogP contribution is -2.41. The average molecular weight is 421 g/mol. The molecule has 0 aliphatic rings. The lowest BCUT2D eigenvalue weighted by Gasteiger charge is -2.24. The van der Waals surface area contributed by atoms with E-state index in [-0.39, 0.29) is 17.4 Å². The number of hydrogen-bond acceptors (Lipinski definition) is 8. The van der Waals surface area contributed by atoms with Crippen LogP contribution in [-0.2, 0) is 9.47 Å². The van der Waals surface area contributed by atoms with Gasteiger partial charge in [-0.15, -0.1) is 0 Å². The van der Waals surface area contributed by atoms with Gasteiger partial charge < -0.3 is 9.47 Å². The summed E-state index contributed by atoms with van der Waals surface area (Å²) in [6, 6.07) is 6.01. The van der Waals surface area contributed by atoms with Crippen molar-refractivity contribution in [1.29, 1.82) is 0 Å². The fraction of sp³-hybridized carbons (Fsp3) is 0.421. The van der Waals surface area contributed by atoms with Gasteiger partial charge in [0.05, 0.1) is 16.4 Å². The Morgan fingerprint density at radius 3 is 2.62 bits per heavy atom. The summed E-state index contributed by atoms with van der Waals surface area (Å²) in [5.41, 5.74) is -0.342. The van der Waals surface area contributed by atoms with E-state index in [2.05, 4.69) is 4.98 Å². The van der Waals surface area contributed by atoms with Crippen LogP contribution >= 0.6 is 11.3 Å². The molecule has 9 nitrogen and oxygen atoms in total. The minimum absolute atomic E-state index is 0.0576. The van der Waals surface area contributed by atoms with Crippen molar-refractivity contribution in [2.24, 2.45) is 0 Å². The zero-order chi connectivity index (χ0) is 21.6. The summed E-state index contributed by atoms with van der Waals surface area (Å²) in [5, 5.41) is 11.1. The van der Waals surface area contributed by atoms with Crippen molar-refractivity contribution >= 4 is 34.3 Å². The lowest BCUT2D eigenvalue weighted by molar-refractivity contribution is -0.384. The molecule has 1 heterocycles. The molecule has 0 N–H and O–H groups in total. The monoisotopic (exact) mass is 421 g/mol. The molecule has 1 aromatic carbocycles. The summed E-state index contributed by atoms with van der Waals surface area (Å²) in [6.07, 6.45) is 1.14. The Kier molecular flexibility index (Phi) is 7.27. The maximum Gasteiger partial charge on any atom is 0.426 e. The molecular formula is C19H23N3O6S. The molecule has 0 bridgehead atoms. The Labute approximate surface area is 172 Å². The van der Waals surface area contributed by atoms with Crippen LogP contribution in [0.1, 0.15) is 40.5 Å². The van der Waals surface area contributed by atoms with Gasteiger partial charge in [0, 0.05) is 23.9 Å². The molecule has 10 heteroatoms. The van der Waals surface area contributed by atoms with E-state index in [1.165, 1.54) is 18.3 Å². The minimum atomic E-state index is -0.904. The van der Waals surface area contributed by atoms with Crippen LogP contribution in [0.4, 0.5) is 20.4 Å². The number of non-ortho nitro benzene ring substituents is 1. The molecule has 1 aromatic heterocycles. The number of carbonyl (C=O) groups excluding carboxylic acids is 2. The molecule has 0 aliphatic heterocycles. The number of nitro benzene ring substituents is 1. The molecule has 2 aromatic rings. The van der Waals surface area contributed by atoms with Crippen molar-refractivity contribution in [3.63, 3.8) is 0 Å². The van der Waals surface area contributed by atoms with E-state index in [0.29, 0.717) is 16.9 Å². The van der Waals surface area contributed by atoms with E-state index in [9.17, 15) is 19.7 Å². The molecule has 29 heavy (non-hydrogen) atoms. The third-order valence-corrected chi connectivity index (χ3v) is 4.54. The second-order valence-corrected chi connectivity index (χ2v) is 8.11. The molecule has 2 rings (SSSR count). The molecule has 0 saturated heterocycles. The molecule has 0 atom stereocenters. The number of nitro groups is 1.